The minimum absolute atomic E-state index is 0.142. The van der Waals surface area contributed by atoms with Crippen LogP contribution in [0.5, 0.6) is 5.75 Å². The van der Waals surface area contributed by atoms with E-state index in [0.717, 1.165) is 23.1 Å². The fraction of sp³-hybridized carbons (Fsp3) is 0.250. The first kappa shape index (κ1) is 21.8. The summed E-state index contributed by atoms with van der Waals surface area (Å²) in [5, 5.41) is 13.7. The van der Waals surface area contributed by atoms with Crippen LogP contribution in [0, 0.1) is 0 Å². The number of ether oxygens (including phenoxy) is 1. The lowest BCUT2D eigenvalue weighted by Crippen LogP contribution is -2.29. The van der Waals surface area contributed by atoms with Gasteiger partial charge in [0, 0.05) is 30.6 Å². The first-order valence-electron chi connectivity index (χ1n) is 9.83. The molecule has 1 heterocycles. The van der Waals surface area contributed by atoms with E-state index in [0.29, 0.717) is 22.9 Å². The predicted octanol–water partition coefficient (Wildman–Crippen LogP) is 5.12. The molecule has 3 rings (SSSR count). The van der Waals surface area contributed by atoms with Gasteiger partial charge in [0.25, 0.3) is 0 Å². The quantitative estimate of drug-likeness (QED) is 0.526. The highest BCUT2D eigenvalue weighted by Crippen LogP contribution is 2.31. The van der Waals surface area contributed by atoms with Gasteiger partial charge >= 0.3 is 0 Å². The van der Waals surface area contributed by atoms with Crippen LogP contribution in [0.25, 0.3) is 11.1 Å². The van der Waals surface area contributed by atoms with Crippen molar-refractivity contribution in [2.45, 2.75) is 38.9 Å². The van der Waals surface area contributed by atoms with E-state index in [4.69, 9.17) is 16.3 Å². The molecule has 0 saturated carbocycles. The summed E-state index contributed by atoms with van der Waals surface area (Å²) in [7, 11) is 0. The maximum Gasteiger partial charge on any atom is 0.221 e. The van der Waals surface area contributed by atoms with E-state index in [1.165, 1.54) is 6.92 Å². The molecule has 0 radical (unpaired) electrons. The number of benzene rings is 2. The summed E-state index contributed by atoms with van der Waals surface area (Å²) >= 11 is 6.38. The van der Waals surface area contributed by atoms with Gasteiger partial charge in [0.15, 0.2) is 0 Å². The van der Waals surface area contributed by atoms with E-state index >= 15 is 0 Å². The summed E-state index contributed by atoms with van der Waals surface area (Å²) in [6.45, 7) is 3.32. The third kappa shape index (κ3) is 6.05. The van der Waals surface area contributed by atoms with Gasteiger partial charge in [-0.15, -0.1) is 0 Å². The summed E-state index contributed by atoms with van der Waals surface area (Å²) < 4.78 is 5.90. The predicted molar refractivity (Wildman–Crippen MR) is 120 cm³/mol. The Morgan fingerprint density at radius 1 is 1.20 bits per heavy atom. The molecular weight excluding hydrogens is 400 g/mol. The molecule has 1 amide bonds. The molecule has 0 bridgehead atoms. The lowest BCUT2D eigenvalue weighted by molar-refractivity contribution is -0.114. The minimum Gasteiger partial charge on any atom is -0.488 e. The van der Waals surface area contributed by atoms with Crippen molar-refractivity contribution in [2.24, 2.45) is 0 Å². The Morgan fingerprint density at radius 3 is 2.60 bits per heavy atom. The van der Waals surface area contributed by atoms with E-state index in [1.54, 1.807) is 12.3 Å². The van der Waals surface area contributed by atoms with Gasteiger partial charge in [0.05, 0.1) is 11.1 Å². The van der Waals surface area contributed by atoms with E-state index < -0.39 is 6.10 Å². The highest BCUT2D eigenvalue weighted by molar-refractivity contribution is 6.33. The zero-order valence-electron chi connectivity index (χ0n) is 17.0. The summed E-state index contributed by atoms with van der Waals surface area (Å²) in [5.41, 5.74) is 3.55. The van der Waals surface area contributed by atoms with Crippen LogP contribution in [0.4, 0.5) is 5.69 Å². The average molecular weight is 425 g/mol. The highest BCUT2D eigenvalue weighted by Gasteiger charge is 2.16. The molecule has 0 fully saturated rings. The molecule has 30 heavy (non-hydrogen) atoms. The number of aryl methyl sites for hydroxylation is 1. The largest absolute Gasteiger partial charge is 0.488 e. The van der Waals surface area contributed by atoms with Gasteiger partial charge in [0.1, 0.15) is 11.9 Å². The van der Waals surface area contributed by atoms with Crippen LogP contribution in [0.2, 0.25) is 5.02 Å². The second kappa shape index (κ2) is 10.2. The van der Waals surface area contributed by atoms with Crippen molar-refractivity contribution < 1.29 is 14.6 Å². The van der Waals surface area contributed by atoms with E-state index in [9.17, 15) is 9.90 Å². The first-order valence-corrected chi connectivity index (χ1v) is 10.2. The zero-order chi connectivity index (χ0) is 21.5. The fourth-order valence-electron chi connectivity index (χ4n) is 3.13. The van der Waals surface area contributed by atoms with Gasteiger partial charge in [-0.2, -0.15) is 0 Å². The maximum absolute atomic E-state index is 11.2. The number of nitrogens with zero attached hydrogens (tertiary/aromatic N) is 1. The van der Waals surface area contributed by atoms with Crippen molar-refractivity contribution in [2.75, 3.05) is 5.32 Å². The second-order valence-corrected chi connectivity index (χ2v) is 7.60. The molecule has 1 aromatic heterocycles. The average Bonchev–Trinajstić information content (AvgIpc) is 2.73. The van der Waals surface area contributed by atoms with Gasteiger partial charge in [-0.25, -0.2) is 0 Å². The van der Waals surface area contributed by atoms with Crippen molar-refractivity contribution in [3.63, 3.8) is 0 Å². The molecule has 6 heteroatoms. The van der Waals surface area contributed by atoms with Crippen LogP contribution in [-0.2, 0) is 11.2 Å². The summed E-state index contributed by atoms with van der Waals surface area (Å²) in [6.07, 6.45) is 3.97. The second-order valence-electron chi connectivity index (χ2n) is 7.19. The molecule has 0 unspecified atom stereocenters. The van der Waals surface area contributed by atoms with Crippen LogP contribution in [0.15, 0.2) is 67.0 Å². The molecule has 0 aliphatic heterocycles. The lowest BCUT2D eigenvalue weighted by atomic mass is 10.0. The molecular formula is C24H25ClN2O3. The Hall–Kier alpha value is -2.89. The fourth-order valence-corrected chi connectivity index (χ4v) is 3.42. The van der Waals surface area contributed by atoms with Gasteiger partial charge in [0.2, 0.25) is 5.91 Å². The number of amides is 1. The highest BCUT2D eigenvalue weighted by atomic mass is 35.5. The number of hydrogen-bond acceptors (Lipinski definition) is 4. The first-order chi connectivity index (χ1) is 14.4. The minimum atomic E-state index is -0.583. The van der Waals surface area contributed by atoms with E-state index in [1.807, 2.05) is 61.7 Å². The third-order valence-corrected chi connectivity index (χ3v) is 5.08. The van der Waals surface area contributed by atoms with Crippen LogP contribution in [0.1, 0.15) is 25.8 Å². The molecule has 0 aliphatic carbocycles. The molecule has 2 atom stereocenters. The number of aliphatic hydroxyl groups excluding tert-OH is 1. The Morgan fingerprint density at radius 2 is 1.97 bits per heavy atom. The third-order valence-electron chi connectivity index (χ3n) is 4.77. The van der Waals surface area contributed by atoms with Crippen LogP contribution >= 0.6 is 11.6 Å². The molecule has 0 spiro atoms. The Balaban J connectivity index is 1.59. The Bertz CT molecular complexity index is 978. The number of carbonyl (C=O) groups excluding carboxylic acids is 1. The van der Waals surface area contributed by atoms with Crippen molar-refractivity contribution in [1.29, 1.82) is 0 Å². The topological polar surface area (TPSA) is 71.5 Å². The summed E-state index contributed by atoms with van der Waals surface area (Å²) in [6, 6.07) is 16.9. The Labute approximate surface area is 181 Å². The van der Waals surface area contributed by atoms with Gasteiger partial charge in [-0.3, -0.25) is 9.78 Å². The maximum atomic E-state index is 11.2. The van der Waals surface area contributed by atoms with Crippen molar-refractivity contribution in [3.8, 4) is 16.9 Å². The summed E-state index contributed by atoms with van der Waals surface area (Å²) in [5.74, 6) is 0.537. The standard InChI is InChI=1S/C24H25ClN2O3/c1-16(24(29)12-5-18-4-3-13-26-15-18)30-21-9-6-19(7-10-21)22-11-8-20(14-23(22)25)27-17(2)28/h3-4,6-11,13-16,24,29H,5,12H2,1-2H3,(H,27,28)/t16-,24+/m0/s1. The number of rotatable bonds is 8. The monoisotopic (exact) mass is 424 g/mol. The van der Waals surface area contributed by atoms with Gasteiger partial charge in [-0.1, -0.05) is 35.9 Å². The lowest BCUT2D eigenvalue weighted by Gasteiger charge is -2.21. The number of carbonyl (C=O) groups is 1. The van der Waals surface area contributed by atoms with Crippen molar-refractivity contribution in [3.05, 3.63) is 77.6 Å². The van der Waals surface area contributed by atoms with E-state index in [-0.39, 0.29) is 12.0 Å². The molecule has 5 nitrogen and oxygen atoms in total. The molecule has 0 saturated heterocycles. The van der Waals surface area contributed by atoms with Gasteiger partial charge < -0.3 is 15.2 Å². The van der Waals surface area contributed by atoms with Crippen LogP contribution < -0.4 is 10.1 Å². The molecule has 2 aromatic carbocycles. The number of pyridine rings is 1. The SMILES string of the molecule is CC(=O)Nc1ccc(-c2ccc(O[C@@H](C)[C@H](O)CCc3cccnc3)cc2)c(Cl)c1. The Kier molecular flexibility index (Phi) is 7.44. The smallest absolute Gasteiger partial charge is 0.221 e. The normalized spacial score (nSPS) is 12.8. The summed E-state index contributed by atoms with van der Waals surface area (Å²) in [4.78, 5) is 15.3. The molecule has 2 N–H and O–H groups in total. The van der Waals surface area contributed by atoms with Gasteiger partial charge in [-0.05, 0) is 61.2 Å². The number of hydrogen-bond donors (Lipinski definition) is 2. The zero-order valence-corrected chi connectivity index (χ0v) is 17.8. The van der Waals surface area contributed by atoms with Crippen LogP contribution in [0.3, 0.4) is 0 Å². The van der Waals surface area contributed by atoms with Crippen LogP contribution in [-0.4, -0.2) is 28.2 Å². The number of nitrogens with one attached hydrogen (secondary N) is 1. The number of aliphatic hydroxyl groups is 1. The number of halogens is 1. The molecule has 3 aromatic rings. The number of anilines is 1. The number of aromatic nitrogens is 1. The van der Waals surface area contributed by atoms with Crippen molar-refractivity contribution >= 4 is 23.2 Å². The van der Waals surface area contributed by atoms with E-state index in [2.05, 4.69) is 10.3 Å². The molecule has 156 valence electrons. The van der Waals surface area contributed by atoms with Crippen molar-refractivity contribution in [1.82, 2.24) is 4.98 Å². The molecule has 0 aliphatic rings.